The van der Waals surface area contributed by atoms with Crippen molar-refractivity contribution >= 4 is 34.7 Å². The Bertz CT molecular complexity index is 1030. The Morgan fingerprint density at radius 1 is 1.03 bits per heavy atom. The number of benzene rings is 2. The fourth-order valence-corrected chi connectivity index (χ4v) is 4.17. The van der Waals surface area contributed by atoms with Gasteiger partial charge in [-0.1, -0.05) is 42.0 Å². The number of hydrogen-bond acceptors (Lipinski definition) is 4. The highest BCUT2D eigenvalue weighted by Crippen LogP contribution is 2.28. The van der Waals surface area contributed by atoms with Crippen molar-refractivity contribution in [2.24, 2.45) is 0 Å². The predicted molar refractivity (Wildman–Crippen MR) is 113 cm³/mol. The SMILES string of the molecule is Cc1ccc(C(=O)N(Cc2cccs2)C2CC(=O)N(c3ccccc3)C2=O)cc1. The second-order valence-electron chi connectivity index (χ2n) is 7.00. The van der Waals surface area contributed by atoms with Crippen LogP contribution in [0.1, 0.15) is 27.2 Å². The van der Waals surface area contributed by atoms with Crippen LogP contribution in [0, 0.1) is 6.92 Å². The number of aryl methyl sites for hydroxylation is 1. The summed E-state index contributed by atoms with van der Waals surface area (Å²) >= 11 is 1.52. The molecule has 1 atom stereocenters. The van der Waals surface area contributed by atoms with Crippen molar-refractivity contribution < 1.29 is 14.4 Å². The summed E-state index contributed by atoms with van der Waals surface area (Å²) in [6.45, 7) is 2.24. The highest BCUT2D eigenvalue weighted by atomic mass is 32.1. The third-order valence-corrected chi connectivity index (χ3v) is 5.84. The fraction of sp³-hybridized carbons (Fsp3) is 0.174. The Balaban J connectivity index is 1.67. The molecule has 3 aromatic rings. The number of carbonyl (C=O) groups is 3. The summed E-state index contributed by atoms with van der Waals surface area (Å²) in [7, 11) is 0. The Hall–Kier alpha value is -3.25. The maximum atomic E-state index is 13.3. The van der Waals surface area contributed by atoms with E-state index in [0.717, 1.165) is 10.4 Å². The average molecular weight is 404 g/mol. The fourth-order valence-electron chi connectivity index (χ4n) is 3.46. The molecule has 4 rings (SSSR count). The molecule has 1 aliphatic heterocycles. The Morgan fingerprint density at radius 2 is 1.76 bits per heavy atom. The number of para-hydroxylation sites is 1. The predicted octanol–water partition coefficient (Wildman–Crippen LogP) is 4.03. The lowest BCUT2D eigenvalue weighted by Crippen LogP contribution is -2.45. The van der Waals surface area contributed by atoms with Gasteiger partial charge in [0.2, 0.25) is 5.91 Å². The third kappa shape index (κ3) is 3.84. The van der Waals surface area contributed by atoms with Crippen LogP contribution in [-0.2, 0) is 16.1 Å². The quantitative estimate of drug-likeness (QED) is 0.603. The molecule has 1 aromatic heterocycles. The number of amides is 3. The van der Waals surface area contributed by atoms with Crippen molar-refractivity contribution in [1.82, 2.24) is 4.90 Å². The van der Waals surface area contributed by atoms with Gasteiger partial charge in [0, 0.05) is 10.4 Å². The lowest BCUT2D eigenvalue weighted by molar-refractivity contribution is -0.122. The molecule has 2 heterocycles. The van der Waals surface area contributed by atoms with Gasteiger partial charge in [-0.3, -0.25) is 14.4 Å². The molecule has 3 amide bonds. The van der Waals surface area contributed by atoms with Crippen LogP contribution in [0.2, 0.25) is 0 Å². The summed E-state index contributed by atoms with van der Waals surface area (Å²) in [5, 5.41) is 1.93. The maximum Gasteiger partial charge on any atom is 0.257 e. The van der Waals surface area contributed by atoms with Crippen LogP contribution >= 0.6 is 11.3 Å². The van der Waals surface area contributed by atoms with E-state index in [1.165, 1.54) is 21.1 Å². The normalized spacial score (nSPS) is 16.3. The van der Waals surface area contributed by atoms with Gasteiger partial charge in [0.25, 0.3) is 11.8 Å². The number of nitrogens with zero attached hydrogens (tertiary/aromatic N) is 2. The van der Waals surface area contributed by atoms with Gasteiger partial charge in [-0.15, -0.1) is 11.3 Å². The molecule has 1 aliphatic rings. The zero-order chi connectivity index (χ0) is 20.4. The average Bonchev–Trinajstić information content (AvgIpc) is 3.34. The summed E-state index contributed by atoms with van der Waals surface area (Å²) in [6.07, 6.45) is -0.0172. The monoisotopic (exact) mass is 404 g/mol. The number of carbonyl (C=O) groups excluding carboxylic acids is 3. The van der Waals surface area contributed by atoms with Gasteiger partial charge < -0.3 is 4.90 Å². The first kappa shape index (κ1) is 19.1. The first-order valence-electron chi connectivity index (χ1n) is 9.36. The van der Waals surface area contributed by atoms with E-state index >= 15 is 0 Å². The summed E-state index contributed by atoms with van der Waals surface area (Å²) in [6, 6.07) is 19.1. The van der Waals surface area contributed by atoms with Gasteiger partial charge in [-0.2, -0.15) is 0 Å². The van der Waals surface area contributed by atoms with Gasteiger partial charge in [-0.05, 0) is 42.6 Å². The van der Waals surface area contributed by atoms with Gasteiger partial charge in [0.05, 0.1) is 18.7 Å². The number of thiophene rings is 1. The largest absolute Gasteiger partial charge is 0.321 e. The highest BCUT2D eigenvalue weighted by Gasteiger charge is 2.44. The van der Waals surface area contributed by atoms with Crippen LogP contribution in [0.25, 0.3) is 0 Å². The van der Waals surface area contributed by atoms with Crippen molar-refractivity contribution in [3.8, 4) is 0 Å². The van der Waals surface area contributed by atoms with Gasteiger partial charge in [0.15, 0.2) is 0 Å². The molecule has 5 nitrogen and oxygen atoms in total. The van der Waals surface area contributed by atoms with Crippen LogP contribution in [0.3, 0.4) is 0 Å². The minimum absolute atomic E-state index is 0.0172. The van der Waals surface area contributed by atoms with E-state index < -0.39 is 6.04 Å². The van der Waals surface area contributed by atoms with Gasteiger partial charge in [-0.25, -0.2) is 4.90 Å². The van der Waals surface area contributed by atoms with E-state index in [2.05, 4.69) is 0 Å². The second-order valence-corrected chi connectivity index (χ2v) is 8.03. The molecule has 1 fully saturated rings. The lowest BCUT2D eigenvalue weighted by atomic mass is 10.1. The number of hydrogen-bond donors (Lipinski definition) is 0. The number of imide groups is 1. The van der Waals surface area contributed by atoms with Crippen LogP contribution < -0.4 is 4.90 Å². The Labute approximate surface area is 173 Å². The molecular formula is C23H20N2O3S. The van der Waals surface area contributed by atoms with Crippen molar-refractivity contribution in [2.45, 2.75) is 25.9 Å². The molecule has 2 aromatic carbocycles. The molecule has 0 N–H and O–H groups in total. The molecule has 0 bridgehead atoms. The van der Waals surface area contributed by atoms with Crippen LogP contribution in [0.4, 0.5) is 5.69 Å². The number of rotatable bonds is 5. The van der Waals surface area contributed by atoms with Crippen molar-refractivity contribution in [2.75, 3.05) is 4.90 Å². The van der Waals surface area contributed by atoms with E-state index in [0.29, 0.717) is 11.3 Å². The zero-order valence-electron chi connectivity index (χ0n) is 15.9. The molecule has 1 saturated heterocycles. The highest BCUT2D eigenvalue weighted by molar-refractivity contribution is 7.09. The summed E-state index contributed by atoms with van der Waals surface area (Å²) in [5.41, 5.74) is 2.09. The summed E-state index contributed by atoms with van der Waals surface area (Å²) < 4.78 is 0. The van der Waals surface area contributed by atoms with E-state index in [4.69, 9.17) is 0 Å². The minimum Gasteiger partial charge on any atom is -0.321 e. The van der Waals surface area contributed by atoms with E-state index in [1.807, 2.05) is 42.6 Å². The first-order valence-corrected chi connectivity index (χ1v) is 10.2. The molecule has 29 heavy (non-hydrogen) atoms. The van der Waals surface area contributed by atoms with Gasteiger partial charge in [0.1, 0.15) is 6.04 Å². The van der Waals surface area contributed by atoms with Crippen molar-refractivity contribution in [3.05, 3.63) is 88.1 Å². The summed E-state index contributed by atoms with van der Waals surface area (Å²) in [5.74, 6) is -0.906. The molecule has 0 aliphatic carbocycles. The topological polar surface area (TPSA) is 57.7 Å². The molecule has 146 valence electrons. The maximum absolute atomic E-state index is 13.3. The molecule has 1 unspecified atom stereocenters. The lowest BCUT2D eigenvalue weighted by Gasteiger charge is -2.27. The van der Waals surface area contributed by atoms with E-state index in [9.17, 15) is 14.4 Å². The standard InChI is InChI=1S/C23H20N2O3S/c1-16-9-11-17(12-10-16)22(27)24(15-19-8-5-13-29-19)20-14-21(26)25(23(20)28)18-6-3-2-4-7-18/h2-13,20H,14-15H2,1H3. The Kier molecular flexibility index (Phi) is 5.27. The first-order chi connectivity index (χ1) is 14.0. The molecule has 0 saturated carbocycles. The smallest absolute Gasteiger partial charge is 0.257 e. The van der Waals surface area contributed by atoms with Crippen LogP contribution in [-0.4, -0.2) is 28.7 Å². The van der Waals surface area contributed by atoms with Crippen LogP contribution in [0.5, 0.6) is 0 Å². The zero-order valence-corrected chi connectivity index (χ0v) is 16.8. The van der Waals surface area contributed by atoms with Crippen molar-refractivity contribution in [3.63, 3.8) is 0 Å². The van der Waals surface area contributed by atoms with Crippen LogP contribution in [0.15, 0.2) is 72.1 Å². The van der Waals surface area contributed by atoms with E-state index in [1.54, 1.807) is 36.4 Å². The second kappa shape index (κ2) is 8.01. The third-order valence-electron chi connectivity index (χ3n) is 4.98. The van der Waals surface area contributed by atoms with Gasteiger partial charge >= 0.3 is 0 Å². The van der Waals surface area contributed by atoms with Crippen molar-refractivity contribution in [1.29, 1.82) is 0 Å². The molecule has 0 radical (unpaired) electrons. The van der Waals surface area contributed by atoms with E-state index in [-0.39, 0.29) is 30.7 Å². The molecule has 0 spiro atoms. The minimum atomic E-state index is -0.821. The molecular weight excluding hydrogens is 384 g/mol. The Morgan fingerprint density at radius 3 is 2.41 bits per heavy atom. The molecule has 6 heteroatoms. The number of anilines is 1. The summed E-state index contributed by atoms with van der Waals surface area (Å²) in [4.78, 5) is 42.9.